The third-order valence-electron chi connectivity index (χ3n) is 8.07. The van der Waals surface area contributed by atoms with Gasteiger partial charge in [-0.15, -0.1) is 0 Å². The highest BCUT2D eigenvalue weighted by Gasteiger charge is 2.31. The average Bonchev–Trinajstić information content (AvgIpc) is 2.83. The fraction of sp³-hybridized carbons (Fsp3) is 0.419. The van der Waals surface area contributed by atoms with Crippen LogP contribution >= 0.6 is 0 Å². The summed E-state index contributed by atoms with van der Waals surface area (Å²) in [5.41, 5.74) is 0.976. The van der Waals surface area contributed by atoms with Crippen molar-refractivity contribution in [2.75, 3.05) is 0 Å². The lowest BCUT2D eigenvalue weighted by atomic mass is 9.78. The van der Waals surface area contributed by atoms with E-state index in [0.717, 1.165) is 11.8 Å². The molecule has 4 aromatic rings. The maximum Gasteiger partial charge on any atom is 0.0879 e. The molecule has 1 aliphatic carbocycles. The average molecular weight is 425 g/mol. The fourth-order valence-electron chi connectivity index (χ4n) is 5.88. The molecule has 0 heterocycles. The van der Waals surface area contributed by atoms with E-state index in [1.54, 1.807) is 0 Å². The van der Waals surface area contributed by atoms with Crippen LogP contribution in [0.5, 0.6) is 0 Å². The van der Waals surface area contributed by atoms with E-state index in [-0.39, 0.29) is 5.60 Å². The van der Waals surface area contributed by atoms with Gasteiger partial charge in [-0.2, -0.15) is 0 Å². The van der Waals surface area contributed by atoms with Crippen molar-refractivity contribution in [3.63, 3.8) is 0 Å². The first kappa shape index (κ1) is 21.5. The lowest BCUT2D eigenvalue weighted by Gasteiger charge is -2.37. The zero-order valence-corrected chi connectivity index (χ0v) is 20.0. The minimum Gasteiger partial charge on any atom is -0.368 e. The lowest BCUT2D eigenvalue weighted by Crippen LogP contribution is -2.32. The van der Waals surface area contributed by atoms with Crippen molar-refractivity contribution >= 4 is 32.3 Å². The Bertz CT molecular complexity index is 1210. The quantitative estimate of drug-likeness (QED) is 0.290. The van der Waals surface area contributed by atoms with Crippen LogP contribution in [0.25, 0.3) is 32.3 Å². The van der Waals surface area contributed by atoms with Crippen LogP contribution in [0.15, 0.2) is 66.7 Å². The summed E-state index contributed by atoms with van der Waals surface area (Å²) >= 11 is 0. The molecule has 0 bridgehead atoms. The Balaban J connectivity index is 1.49. The van der Waals surface area contributed by atoms with Gasteiger partial charge in [0.1, 0.15) is 0 Å². The first-order valence-corrected chi connectivity index (χ1v) is 12.5. The molecule has 1 aliphatic rings. The van der Waals surface area contributed by atoms with Crippen LogP contribution in [0.1, 0.15) is 65.4 Å². The van der Waals surface area contributed by atoms with Crippen LogP contribution in [-0.2, 0) is 10.3 Å². The predicted octanol–water partition coefficient (Wildman–Crippen LogP) is 9.00. The summed E-state index contributed by atoms with van der Waals surface area (Å²) in [7, 11) is 0. The molecule has 1 saturated carbocycles. The topological polar surface area (TPSA) is 9.23 Å². The van der Waals surface area contributed by atoms with Gasteiger partial charge in [0.2, 0.25) is 0 Å². The summed E-state index contributed by atoms with van der Waals surface area (Å²) in [5.74, 6) is 1.72. The molecule has 1 heteroatoms. The molecule has 0 aliphatic heterocycles. The molecule has 0 amide bonds. The van der Waals surface area contributed by atoms with Gasteiger partial charge in [0.15, 0.2) is 0 Å². The molecule has 0 radical (unpaired) electrons. The van der Waals surface area contributed by atoms with Gasteiger partial charge in [-0.1, -0.05) is 80.9 Å². The van der Waals surface area contributed by atoms with Gasteiger partial charge in [-0.05, 0) is 95.3 Å². The molecule has 32 heavy (non-hydrogen) atoms. The SMILES string of the molecule is CCC(C)C1CCC(OC(C)(C)c2ccc3c4ccccc4c4ccccc4c3c2)CC1. The Morgan fingerprint density at radius 3 is 1.78 bits per heavy atom. The van der Waals surface area contributed by atoms with Gasteiger partial charge in [0.05, 0.1) is 11.7 Å². The molecular formula is C31H36O. The first-order valence-electron chi connectivity index (χ1n) is 12.5. The summed E-state index contributed by atoms with van der Waals surface area (Å²) in [5, 5.41) is 7.97. The van der Waals surface area contributed by atoms with Crippen molar-refractivity contribution in [2.24, 2.45) is 11.8 Å². The summed E-state index contributed by atoms with van der Waals surface area (Å²) < 4.78 is 6.78. The predicted molar refractivity (Wildman–Crippen MR) is 138 cm³/mol. The molecular weight excluding hydrogens is 388 g/mol. The molecule has 1 atom stereocenters. The molecule has 0 spiro atoms. The number of fused-ring (bicyclic) bond motifs is 6. The van der Waals surface area contributed by atoms with E-state index < -0.39 is 0 Å². The van der Waals surface area contributed by atoms with E-state index in [1.807, 2.05) is 0 Å². The monoisotopic (exact) mass is 424 g/mol. The smallest absolute Gasteiger partial charge is 0.0879 e. The minimum absolute atomic E-state index is 0.297. The van der Waals surface area contributed by atoms with Crippen molar-refractivity contribution < 1.29 is 4.74 Å². The van der Waals surface area contributed by atoms with Crippen molar-refractivity contribution in [1.29, 1.82) is 0 Å². The van der Waals surface area contributed by atoms with Crippen LogP contribution in [0.2, 0.25) is 0 Å². The van der Waals surface area contributed by atoms with Crippen LogP contribution < -0.4 is 0 Å². The highest BCUT2D eigenvalue weighted by atomic mass is 16.5. The third kappa shape index (κ3) is 3.82. The van der Waals surface area contributed by atoms with Crippen LogP contribution in [0.3, 0.4) is 0 Å². The Labute approximate surface area is 192 Å². The van der Waals surface area contributed by atoms with E-state index in [4.69, 9.17) is 4.74 Å². The minimum atomic E-state index is -0.297. The largest absolute Gasteiger partial charge is 0.368 e. The second kappa shape index (κ2) is 8.52. The van der Waals surface area contributed by atoms with Gasteiger partial charge >= 0.3 is 0 Å². The number of ether oxygens (including phenoxy) is 1. The van der Waals surface area contributed by atoms with Gasteiger partial charge < -0.3 is 4.74 Å². The third-order valence-corrected chi connectivity index (χ3v) is 8.07. The Hall–Kier alpha value is -2.38. The Morgan fingerprint density at radius 1 is 0.750 bits per heavy atom. The molecule has 166 valence electrons. The molecule has 1 nitrogen and oxygen atoms in total. The van der Waals surface area contributed by atoms with Crippen molar-refractivity contribution in [1.82, 2.24) is 0 Å². The van der Waals surface area contributed by atoms with Crippen LogP contribution in [0.4, 0.5) is 0 Å². The Kier molecular flexibility index (Phi) is 5.72. The van der Waals surface area contributed by atoms with Crippen molar-refractivity contribution in [3.8, 4) is 0 Å². The van der Waals surface area contributed by atoms with E-state index >= 15 is 0 Å². The van der Waals surface area contributed by atoms with Gasteiger partial charge in [0.25, 0.3) is 0 Å². The lowest BCUT2D eigenvalue weighted by molar-refractivity contribution is -0.0954. The highest BCUT2D eigenvalue weighted by Crippen LogP contribution is 2.40. The van der Waals surface area contributed by atoms with Gasteiger partial charge in [-0.3, -0.25) is 0 Å². The molecule has 0 saturated heterocycles. The van der Waals surface area contributed by atoms with Crippen molar-refractivity contribution in [2.45, 2.75) is 71.5 Å². The normalized spacial score (nSPS) is 20.8. The van der Waals surface area contributed by atoms with E-state index in [9.17, 15) is 0 Å². The van der Waals surface area contributed by atoms with E-state index in [2.05, 4.69) is 94.4 Å². The Morgan fingerprint density at radius 2 is 1.25 bits per heavy atom. The summed E-state index contributed by atoms with van der Waals surface area (Å²) in [6, 6.07) is 24.6. The number of hydrogen-bond acceptors (Lipinski definition) is 1. The number of rotatable bonds is 5. The second-order valence-corrected chi connectivity index (χ2v) is 10.4. The number of benzene rings is 4. The molecule has 0 N–H and O–H groups in total. The van der Waals surface area contributed by atoms with Crippen LogP contribution in [0, 0.1) is 11.8 Å². The van der Waals surface area contributed by atoms with Crippen LogP contribution in [-0.4, -0.2) is 6.10 Å². The zero-order valence-electron chi connectivity index (χ0n) is 20.0. The van der Waals surface area contributed by atoms with Gasteiger partial charge in [-0.25, -0.2) is 0 Å². The summed E-state index contributed by atoms with van der Waals surface area (Å²) in [6.45, 7) is 9.23. The highest BCUT2D eigenvalue weighted by molar-refractivity contribution is 6.25. The fourth-order valence-corrected chi connectivity index (χ4v) is 5.88. The zero-order chi connectivity index (χ0) is 22.3. The summed E-state index contributed by atoms with van der Waals surface area (Å²) in [4.78, 5) is 0. The summed E-state index contributed by atoms with van der Waals surface area (Å²) in [6.07, 6.45) is 6.67. The molecule has 0 aromatic heterocycles. The first-order chi connectivity index (χ1) is 15.5. The standard InChI is InChI=1S/C31H36O/c1-5-21(2)22-14-17-24(18-15-22)32-31(3,4)23-16-19-29-27-12-7-6-10-25(27)26-11-8-9-13-28(26)30(29)20-23/h6-13,16,19-22,24H,5,14-15,17-18H2,1-4H3. The maximum atomic E-state index is 6.78. The second-order valence-electron chi connectivity index (χ2n) is 10.4. The number of hydrogen-bond donors (Lipinski definition) is 0. The van der Waals surface area contributed by atoms with E-state index in [0.29, 0.717) is 6.10 Å². The maximum absolute atomic E-state index is 6.78. The molecule has 5 rings (SSSR count). The van der Waals surface area contributed by atoms with Crippen molar-refractivity contribution in [3.05, 3.63) is 72.3 Å². The molecule has 1 unspecified atom stereocenters. The molecule has 1 fully saturated rings. The molecule has 4 aromatic carbocycles. The van der Waals surface area contributed by atoms with Gasteiger partial charge in [0, 0.05) is 0 Å². The van der Waals surface area contributed by atoms with E-state index in [1.165, 1.54) is 70.0 Å².